The summed E-state index contributed by atoms with van der Waals surface area (Å²) in [5.74, 6) is 0. The molecule has 0 aromatic rings. The van der Waals surface area contributed by atoms with Crippen LogP contribution in [0.4, 0.5) is 0 Å². The Morgan fingerprint density at radius 1 is 1.42 bits per heavy atom. The van der Waals surface area contributed by atoms with Gasteiger partial charge >= 0.3 is 0 Å². The van der Waals surface area contributed by atoms with Gasteiger partial charge in [-0.1, -0.05) is 26.2 Å². The summed E-state index contributed by atoms with van der Waals surface area (Å²) in [5, 5.41) is 3.41. The third-order valence-electron chi connectivity index (χ3n) is 2.89. The SMILES string of the molecule is CCCCCC1(NC)CCOC1. The standard InChI is InChI=1S/C10H21NO/c1-3-4-5-6-10(11-2)7-8-12-9-10/h11H,3-9H2,1-2H3. The van der Waals surface area contributed by atoms with Crippen LogP contribution in [0.5, 0.6) is 0 Å². The summed E-state index contributed by atoms with van der Waals surface area (Å²) in [7, 11) is 2.06. The monoisotopic (exact) mass is 171 g/mol. The molecule has 1 heterocycles. The number of hydrogen-bond donors (Lipinski definition) is 1. The van der Waals surface area contributed by atoms with Crippen molar-refractivity contribution in [1.82, 2.24) is 5.32 Å². The zero-order valence-electron chi connectivity index (χ0n) is 8.36. The average Bonchev–Trinajstić information content (AvgIpc) is 2.55. The van der Waals surface area contributed by atoms with Crippen molar-refractivity contribution in [2.75, 3.05) is 20.3 Å². The summed E-state index contributed by atoms with van der Waals surface area (Å²) >= 11 is 0. The molecule has 1 atom stereocenters. The Labute approximate surface area is 75.7 Å². The minimum atomic E-state index is 0.315. The van der Waals surface area contributed by atoms with Gasteiger partial charge in [0.1, 0.15) is 0 Å². The van der Waals surface area contributed by atoms with E-state index in [2.05, 4.69) is 19.3 Å². The Morgan fingerprint density at radius 3 is 2.75 bits per heavy atom. The molecule has 2 nitrogen and oxygen atoms in total. The molecule has 1 rings (SSSR count). The molecule has 1 fully saturated rings. The predicted octanol–water partition coefficient (Wildman–Crippen LogP) is 1.95. The van der Waals surface area contributed by atoms with Crippen LogP contribution < -0.4 is 5.32 Å². The molecule has 0 radical (unpaired) electrons. The van der Waals surface area contributed by atoms with Crippen LogP contribution in [0.15, 0.2) is 0 Å². The van der Waals surface area contributed by atoms with Crippen molar-refractivity contribution in [3.8, 4) is 0 Å². The van der Waals surface area contributed by atoms with E-state index in [0.717, 1.165) is 13.2 Å². The fourth-order valence-electron chi connectivity index (χ4n) is 1.84. The third-order valence-corrected chi connectivity index (χ3v) is 2.89. The molecule has 1 aliphatic rings. The molecule has 12 heavy (non-hydrogen) atoms. The van der Waals surface area contributed by atoms with Gasteiger partial charge in [-0.05, 0) is 19.9 Å². The largest absolute Gasteiger partial charge is 0.379 e. The van der Waals surface area contributed by atoms with Crippen LogP contribution in [0, 0.1) is 0 Å². The van der Waals surface area contributed by atoms with Gasteiger partial charge in [-0.2, -0.15) is 0 Å². The second kappa shape index (κ2) is 4.83. The number of unbranched alkanes of at least 4 members (excludes halogenated alkanes) is 2. The lowest BCUT2D eigenvalue weighted by atomic mass is 9.92. The number of rotatable bonds is 5. The lowest BCUT2D eigenvalue weighted by Gasteiger charge is -2.26. The first-order valence-electron chi connectivity index (χ1n) is 5.10. The van der Waals surface area contributed by atoms with Gasteiger partial charge in [-0.3, -0.25) is 0 Å². The first-order chi connectivity index (χ1) is 5.83. The quantitative estimate of drug-likeness (QED) is 0.638. The summed E-state index contributed by atoms with van der Waals surface area (Å²) in [5.41, 5.74) is 0.315. The van der Waals surface area contributed by atoms with Crippen LogP contribution in [0.25, 0.3) is 0 Å². The molecule has 1 aliphatic heterocycles. The molecular formula is C10H21NO. The van der Waals surface area contributed by atoms with E-state index in [4.69, 9.17) is 4.74 Å². The van der Waals surface area contributed by atoms with E-state index >= 15 is 0 Å². The van der Waals surface area contributed by atoms with Gasteiger partial charge in [-0.25, -0.2) is 0 Å². The zero-order chi connectivity index (χ0) is 8.86. The Kier molecular flexibility index (Phi) is 4.02. The van der Waals surface area contributed by atoms with Crippen LogP contribution in [0.1, 0.15) is 39.0 Å². The highest BCUT2D eigenvalue weighted by Gasteiger charge is 2.31. The van der Waals surface area contributed by atoms with Crippen molar-refractivity contribution in [1.29, 1.82) is 0 Å². The first-order valence-corrected chi connectivity index (χ1v) is 5.10. The Bertz CT molecular complexity index is 119. The molecule has 0 bridgehead atoms. The zero-order valence-corrected chi connectivity index (χ0v) is 8.36. The van der Waals surface area contributed by atoms with Crippen molar-refractivity contribution < 1.29 is 4.74 Å². The molecule has 0 aromatic heterocycles. The molecule has 0 spiro atoms. The Morgan fingerprint density at radius 2 is 2.25 bits per heavy atom. The topological polar surface area (TPSA) is 21.3 Å². The molecule has 0 amide bonds. The van der Waals surface area contributed by atoms with E-state index in [1.54, 1.807) is 0 Å². The summed E-state index contributed by atoms with van der Waals surface area (Å²) in [6, 6.07) is 0. The lowest BCUT2D eigenvalue weighted by Crippen LogP contribution is -2.43. The maximum absolute atomic E-state index is 5.42. The molecule has 0 aromatic carbocycles. The van der Waals surface area contributed by atoms with Crippen molar-refractivity contribution >= 4 is 0 Å². The van der Waals surface area contributed by atoms with E-state index < -0.39 is 0 Å². The maximum Gasteiger partial charge on any atom is 0.0649 e. The van der Waals surface area contributed by atoms with Crippen LogP contribution in [-0.2, 0) is 4.74 Å². The molecular weight excluding hydrogens is 150 g/mol. The van der Waals surface area contributed by atoms with Gasteiger partial charge in [-0.15, -0.1) is 0 Å². The smallest absolute Gasteiger partial charge is 0.0649 e. The Balaban J connectivity index is 2.24. The van der Waals surface area contributed by atoms with Crippen molar-refractivity contribution in [3.05, 3.63) is 0 Å². The molecule has 0 aliphatic carbocycles. The van der Waals surface area contributed by atoms with Crippen molar-refractivity contribution in [3.63, 3.8) is 0 Å². The Hall–Kier alpha value is -0.0800. The van der Waals surface area contributed by atoms with E-state index in [1.807, 2.05) is 0 Å². The molecule has 72 valence electrons. The number of ether oxygens (including phenoxy) is 1. The molecule has 0 saturated carbocycles. The summed E-state index contributed by atoms with van der Waals surface area (Å²) in [6.07, 6.45) is 6.45. The third kappa shape index (κ3) is 2.46. The van der Waals surface area contributed by atoms with Crippen LogP contribution >= 0.6 is 0 Å². The van der Waals surface area contributed by atoms with Crippen LogP contribution in [0.2, 0.25) is 0 Å². The molecule has 1 saturated heterocycles. The fraction of sp³-hybridized carbons (Fsp3) is 1.00. The number of likely N-dealkylation sites (N-methyl/N-ethyl adjacent to an activating group) is 1. The van der Waals surface area contributed by atoms with Gasteiger partial charge in [0.25, 0.3) is 0 Å². The summed E-state index contributed by atoms with van der Waals surface area (Å²) in [6.45, 7) is 4.09. The highest BCUT2D eigenvalue weighted by Crippen LogP contribution is 2.24. The van der Waals surface area contributed by atoms with Gasteiger partial charge in [0, 0.05) is 12.1 Å². The average molecular weight is 171 g/mol. The number of nitrogens with one attached hydrogen (secondary N) is 1. The van der Waals surface area contributed by atoms with Crippen LogP contribution in [-0.4, -0.2) is 25.8 Å². The molecule has 1 unspecified atom stereocenters. The highest BCUT2D eigenvalue weighted by molar-refractivity contribution is 4.89. The van der Waals surface area contributed by atoms with Gasteiger partial charge < -0.3 is 10.1 Å². The lowest BCUT2D eigenvalue weighted by molar-refractivity contribution is 0.164. The van der Waals surface area contributed by atoms with Crippen LogP contribution in [0.3, 0.4) is 0 Å². The van der Waals surface area contributed by atoms with Crippen molar-refractivity contribution in [2.45, 2.75) is 44.6 Å². The predicted molar refractivity (Wildman–Crippen MR) is 51.4 cm³/mol. The maximum atomic E-state index is 5.42. The van der Waals surface area contributed by atoms with Gasteiger partial charge in [0.2, 0.25) is 0 Å². The number of hydrogen-bond acceptors (Lipinski definition) is 2. The minimum absolute atomic E-state index is 0.315. The molecule has 2 heteroatoms. The normalized spacial score (nSPS) is 29.5. The second-order valence-corrected chi connectivity index (χ2v) is 3.79. The van der Waals surface area contributed by atoms with E-state index in [1.165, 1.54) is 32.1 Å². The first kappa shape index (κ1) is 10.0. The van der Waals surface area contributed by atoms with E-state index in [-0.39, 0.29) is 0 Å². The highest BCUT2D eigenvalue weighted by atomic mass is 16.5. The van der Waals surface area contributed by atoms with E-state index in [0.29, 0.717) is 5.54 Å². The van der Waals surface area contributed by atoms with E-state index in [9.17, 15) is 0 Å². The fourth-order valence-corrected chi connectivity index (χ4v) is 1.84. The minimum Gasteiger partial charge on any atom is -0.379 e. The summed E-state index contributed by atoms with van der Waals surface area (Å²) in [4.78, 5) is 0. The molecule has 1 N–H and O–H groups in total. The van der Waals surface area contributed by atoms with Gasteiger partial charge in [0.15, 0.2) is 0 Å². The summed E-state index contributed by atoms with van der Waals surface area (Å²) < 4.78 is 5.42. The van der Waals surface area contributed by atoms with Gasteiger partial charge in [0.05, 0.1) is 6.61 Å². The second-order valence-electron chi connectivity index (χ2n) is 3.79. The van der Waals surface area contributed by atoms with Crippen molar-refractivity contribution in [2.24, 2.45) is 0 Å².